The number of aromatic amines is 1. The molecule has 5 nitrogen and oxygen atoms in total. The summed E-state index contributed by atoms with van der Waals surface area (Å²) in [4.78, 5) is 32.4. The Morgan fingerprint density at radius 1 is 0.966 bits per heavy atom. The van der Waals surface area contributed by atoms with Gasteiger partial charge in [0.1, 0.15) is 5.82 Å². The molecule has 2 N–H and O–H groups in total. The number of hydrogen-bond donors (Lipinski definition) is 2. The van der Waals surface area contributed by atoms with Crippen LogP contribution in [-0.4, -0.2) is 15.9 Å². The Balaban J connectivity index is 1.55. The monoisotopic (exact) mass is 383 g/mol. The van der Waals surface area contributed by atoms with Crippen molar-refractivity contribution in [2.45, 2.75) is 19.3 Å². The zero-order valence-corrected chi connectivity index (χ0v) is 16.1. The third-order valence-electron chi connectivity index (χ3n) is 4.97. The smallest absolute Gasteiger partial charge is 0.259 e. The molecule has 4 rings (SSSR count). The highest BCUT2D eigenvalue weighted by Gasteiger charge is 2.18. The summed E-state index contributed by atoms with van der Waals surface area (Å²) in [6.07, 6.45) is 0.718. The molecule has 3 aromatic carbocycles. The normalized spacial score (nSPS) is 11.9. The Morgan fingerprint density at radius 2 is 1.66 bits per heavy atom. The first kappa shape index (κ1) is 18.6. The van der Waals surface area contributed by atoms with Gasteiger partial charge in [0.05, 0.1) is 16.8 Å². The van der Waals surface area contributed by atoms with Crippen molar-refractivity contribution in [3.63, 3.8) is 0 Å². The highest BCUT2D eigenvalue weighted by Crippen LogP contribution is 2.23. The van der Waals surface area contributed by atoms with E-state index >= 15 is 0 Å². The van der Waals surface area contributed by atoms with Gasteiger partial charge < -0.3 is 10.3 Å². The van der Waals surface area contributed by atoms with Gasteiger partial charge in [-0.1, -0.05) is 49.4 Å². The number of nitrogens with zero attached hydrogens (tertiary/aromatic N) is 1. The number of rotatable bonds is 5. The summed E-state index contributed by atoms with van der Waals surface area (Å²) in [6, 6.07) is 24.3. The number of amides is 1. The molecule has 0 spiro atoms. The van der Waals surface area contributed by atoms with Crippen molar-refractivity contribution in [2.75, 3.05) is 5.32 Å². The predicted octanol–water partition coefficient (Wildman–Crippen LogP) is 4.72. The van der Waals surface area contributed by atoms with E-state index in [1.807, 2.05) is 79.7 Å². The molecule has 1 heterocycles. The molecular weight excluding hydrogens is 362 g/mol. The summed E-state index contributed by atoms with van der Waals surface area (Å²) in [5.41, 5.74) is 2.97. The maximum atomic E-state index is 12.7. The minimum absolute atomic E-state index is 0.0383. The lowest BCUT2D eigenvalue weighted by atomic mass is 9.95. The number of hydrogen-bond acceptors (Lipinski definition) is 3. The van der Waals surface area contributed by atoms with E-state index in [9.17, 15) is 9.59 Å². The van der Waals surface area contributed by atoms with Crippen molar-refractivity contribution in [3.05, 3.63) is 94.8 Å². The van der Waals surface area contributed by atoms with Crippen LogP contribution in [0.1, 0.15) is 24.8 Å². The van der Waals surface area contributed by atoms with Crippen molar-refractivity contribution >= 4 is 22.5 Å². The number of carbonyl (C=O) groups is 1. The van der Waals surface area contributed by atoms with E-state index in [2.05, 4.69) is 15.3 Å². The lowest BCUT2D eigenvalue weighted by Gasteiger charge is -2.15. The molecular formula is C24H21N3O2. The fourth-order valence-corrected chi connectivity index (χ4v) is 3.42. The molecule has 0 aliphatic heterocycles. The van der Waals surface area contributed by atoms with Gasteiger partial charge in [0, 0.05) is 11.3 Å². The average molecular weight is 383 g/mol. The zero-order valence-electron chi connectivity index (χ0n) is 16.1. The molecule has 1 amide bonds. The Morgan fingerprint density at radius 3 is 2.38 bits per heavy atom. The van der Waals surface area contributed by atoms with Crippen LogP contribution in [0.2, 0.25) is 0 Å². The van der Waals surface area contributed by atoms with Crippen LogP contribution in [0.25, 0.3) is 22.3 Å². The molecule has 4 aromatic rings. The summed E-state index contributed by atoms with van der Waals surface area (Å²) in [6.45, 7) is 2.00. The molecule has 0 radical (unpaired) electrons. The second-order valence-corrected chi connectivity index (χ2v) is 6.87. The van der Waals surface area contributed by atoms with Gasteiger partial charge in [0.2, 0.25) is 5.91 Å². The highest BCUT2D eigenvalue weighted by atomic mass is 16.2. The predicted molar refractivity (Wildman–Crippen MR) is 116 cm³/mol. The van der Waals surface area contributed by atoms with Crippen molar-refractivity contribution in [2.24, 2.45) is 0 Å². The average Bonchev–Trinajstić information content (AvgIpc) is 2.75. The highest BCUT2D eigenvalue weighted by molar-refractivity contribution is 5.96. The topological polar surface area (TPSA) is 74.8 Å². The maximum Gasteiger partial charge on any atom is 0.259 e. The van der Waals surface area contributed by atoms with Crippen LogP contribution in [0.5, 0.6) is 0 Å². The molecule has 0 aliphatic rings. The van der Waals surface area contributed by atoms with Crippen LogP contribution in [-0.2, 0) is 4.79 Å². The molecule has 1 aromatic heterocycles. The Kier molecular flexibility index (Phi) is 5.20. The van der Waals surface area contributed by atoms with Gasteiger partial charge in [-0.05, 0) is 48.4 Å². The van der Waals surface area contributed by atoms with Gasteiger partial charge in [-0.15, -0.1) is 0 Å². The minimum Gasteiger partial charge on any atom is -0.326 e. The van der Waals surface area contributed by atoms with Gasteiger partial charge in [-0.25, -0.2) is 4.98 Å². The standard InChI is InChI=1S/C24H21N3O2/c1-2-19(16-8-4-3-5-9-16)23(28)25-18-14-12-17(13-15-18)22-26-21-11-7-6-10-20(21)24(29)27-22/h3-15,19H,2H2,1H3,(H,25,28)(H,26,27,29). The largest absolute Gasteiger partial charge is 0.326 e. The molecule has 1 atom stereocenters. The molecule has 0 fully saturated rings. The van der Waals surface area contributed by atoms with Gasteiger partial charge in [-0.2, -0.15) is 0 Å². The van der Waals surface area contributed by atoms with Gasteiger partial charge in [0.25, 0.3) is 5.56 Å². The van der Waals surface area contributed by atoms with E-state index in [1.54, 1.807) is 6.07 Å². The van der Waals surface area contributed by atoms with E-state index in [0.29, 0.717) is 22.4 Å². The number of para-hydroxylation sites is 1. The summed E-state index contributed by atoms with van der Waals surface area (Å²) in [5.74, 6) is 0.264. The van der Waals surface area contributed by atoms with Gasteiger partial charge >= 0.3 is 0 Å². The molecule has 29 heavy (non-hydrogen) atoms. The minimum atomic E-state index is -0.200. The summed E-state index contributed by atoms with van der Waals surface area (Å²) < 4.78 is 0. The molecule has 144 valence electrons. The second kappa shape index (κ2) is 8.10. The number of aromatic nitrogens is 2. The molecule has 0 bridgehead atoms. The Bertz CT molecular complexity index is 1200. The number of benzene rings is 3. The third kappa shape index (κ3) is 3.94. The van der Waals surface area contributed by atoms with Crippen LogP contribution >= 0.6 is 0 Å². The molecule has 0 aliphatic carbocycles. The quantitative estimate of drug-likeness (QED) is 0.523. The van der Waals surface area contributed by atoms with E-state index in [0.717, 1.165) is 17.5 Å². The second-order valence-electron chi connectivity index (χ2n) is 6.87. The van der Waals surface area contributed by atoms with Crippen LogP contribution in [0, 0.1) is 0 Å². The first-order chi connectivity index (χ1) is 14.2. The SMILES string of the molecule is CCC(C(=O)Nc1ccc(-c2nc3ccccc3c(=O)[nH]2)cc1)c1ccccc1. The lowest BCUT2D eigenvalue weighted by molar-refractivity contribution is -0.117. The third-order valence-corrected chi connectivity index (χ3v) is 4.97. The summed E-state index contributed by atoms with van der Waals surface area (Å²) >= 11 is 0. The first-order valence-corrected chi connectivity index (χ1v) is 9.61. The van der Waals surface area contributed by atoms with Crippen molar-refractivity contribution < 1.29 is 4.79 Å². The number of anilines is 1. The molecule has 1 unspecified atom stereocenters. The Hall–Kier alpha value is -3.73. The van der Waals surface area contributed by atoms with Gasteiger partial charge in [-0.3, -0.25) is 9.59 Å². The Labute approximate surface area is 168 Å². The molecule has 5 heteroatoms. The van der Waals surface area contributed by atoms with Crippen LogP contribution in [0.3, 0.4) is 0 Å². The van der Waals surface area contributed by atoms with E-state index < -0.39 is 0 Å². The molecule has 0 saturated heterocycles. The maximum absolute atomic E-state index is 12.7. The summed E-state index contributed by atoms with van der Waals surface area (Å²) in [5, 5.41) is 3.54. The van der Waals surface area contributed by atoms with Crippen LogP contribution in [0.4, 0.5) is 5.69 Å². The number of fused-ring (bicyclic) bond motifs is 1. The fraction of sp³-hybridized carbons (Fsp3) is 0.125. The fourth-order valence-electron chi connectivity index (χ4n) is 3.42. The van der Waals surface area contributed by atoms with Crippen LogP contribution in [0.15, 0.2) is 83.7 Å². The van der Waals surface area contributed by atoms with Crippen molar-refractivity contribution in [3.8, 4) is 11.4 Å². The zero-order chi connectivity index (χ0) is 20.2. The van der Waals surface area contributed by atoms with Gasteiger partial charge in [0.15, 0.2) is 0 Å². The van der Waals surface area contributed by atoms with E-state index in [-0.39, 0.29) is 17.4 Å². The van der Waals surface area contributed by atoms with E-state index in [1.165, 1.54) is 0 Å². The van der Waals surface area contributed by atoms with E-state index in [4.69, 9.17) is 0 Å². The van der Waals surface area contributed by atoms with Crippen molar-refractivity contribution in [1.82, 2.24) is 9.97 Å². The lowest BCUT2D eigenvalue weighted by Crippen LogP contribution is -2.20. The number of H-pyrrole nitrogens is 1. The number of carbonyl (C=O) groups excluding carboxylic acids is 1. The van der Waals surface area contributed by atoms with Crippen LogP contribution < -0.4 is 10.9 Å². The number of nitrogens with one attached hydrogen (secondary N) is 2. The first-order valence-electron chi connectivity index (χ1n) is 9.61. The van der Waals surface area contributed by atoms with Crippen molar-refractivity contribution in [1.29, 1.82) is 0 Å². The summed E-state index contributed by atoms with van der Waals surface area (Å²) in [7, 11) is 0. The molecule has 0 saturated carbocycles.